The van der Waals surface area contributed by atoms with Gasteiger partial charge in [-0.15, -0.1) is 0 Å². The Morgan fingerprint density at radius 2 is 1.83 bits per heavy atom. The molecule has 0 saturated heterocycles. The number of rotatable bonds is 7. The van der Waals surface area contributed by atoms with Crippen LogP contribution < -0.4 is 10.6 Å². The quantitative estimate of drug-likeness (QED) is 0.637. The van der Waals surface area contributed by atoms with Crippen molar-refractivity contribution in [2.75, 3.05) is 6.54 Å². The van der Waals surface area contributed by atoms with Gasteiger partial charge in [0.25, 0.3) is 0 Å². The van der Waals surface area contributed by atoms with Gasteiger partial charge in [0, 0.05) is 25.6 Å². The minimum Gasteiger partial charge on any atom is -0.392 e. The number of benzene rings is 1. The van der Waals surface area contributed by atoms with Gasteiger partial charge >= 0.3 is 0 Å². The molecular formula is C14H22N2O2. The average Bonchev–Trinajstić information content (AvgIpc) is 2.34. The summed E-state index contributed by atoms with van der Waals surface area (Å²) in [5, 5.41) is 15.0. The lowest BCUT2D eigenvalue weighted by molar-refractivity contribution is -0.121. The number of amides is 1. The van der Waals surface area contributed by atoms with E-state index in [1.165, 1.54) is 0 Å². The standard InChI is InChI=1S/C14H22N2O2/c1-11(2)16-14(18)7-8-15-9-12-3-5-13(10-17)6-4-12/h3-6,11,15,17H,7-10H2,1-2H3,(H,16,18). The summed E-state index contributed by atoms with van der Waals surface area (Å²) in [6, 6.07) is 7.97. The topological polar surface area (TPSA) is 61.4 Å². The summed E-state index contributed by atoms with van der Waals surface area (Å²) in [4.78, 5) is 11.4. The summed E-state index contributed by atoms with van der Waals surface area (Å²) in [5.41, 5.74) is 2.06. The highest BCUT2D eigenvalue weighted by Gasteiger charge is 2.02. The summed E-state index contributed by atoms with van der Waals surface area (Å²) < 4.78 is 0. The maximum absolute atomic E-state index is 11.4. The summed E-state index contributed by atoms with van der Waals surface area (Å²) in [6.45, 7) is 5.38. The molecule has 18 heavy (non-hydrogen) atoms. The molecular weight excluding hydrogens is 228 g/mol. The molecule has 1 aromatic carbocycles. The van der Waals surface area contributed by atoms with Gasteiger partial charge < -0.3 is 15.7 Å². The Morgan fingerprint density at radius 1 is 1.22 bits per heavy atom. The van der Waals surface area contributed by atoms with E-state index in [0.717, 1.165) is 17.7 Å². The van der Waals surface area contributed by atoms with Gasteiger partial charge in [0.15, 0.2) is 0 Å². The van der Waals surface area contributed by atoms with Crippen LogP contribution in [0.25, 0.3) is 0 Å². The molecule has 0 aliphatic rings. The molecule has 0 heterocycles. The van der Waals surface area contributed by atoms with Gasteiger partial charge in [-0.3, -0.25) is 4.79 Å². The SMILES string of the molecule is CC(C)NC(=O)CCNCc1ccc(CO)cc1. The van der Waals surface area contributed by atoms with E-state index >= 15 is 0 Å². The Hall–Kier alpha value is -1.39. The van der Waals surface area contributed by atoms with E-state index in [4.69, 9.17) is 5.11 Å². The third-order valence-electron chi connectivity index (χ3n) is 2.51. The second-order valence-electron chi connectivity index (χ2n) is 4.62. The largest absolute Gasteiger partial charge is 0.392 e. The zero-order chi connectivity index (χ0) is 13.4. The molecule has 3 N–H and O–H groups in total. The van der Waals surface area contributed by atoms with Gasteiger partial charge in [-0.25, -0.2) is 0 Å². The van der Waals surface area contributed by atoms with Crippen LogP contribution in [-0.4, -0.2) is 23.6 Å². The Labute approximate surface area is 108 Å². The van der Waals surface area contributed by atoms with Crippen molar-refractivity contribution in [3.63, 3.8) is 0 Å². The molecule has 1 aromatic rings. The van der Waals surface area contributed by atoms with Crippen LogP contribution in [0.3, 0.4) is 0 Å². The Balaban J connectivity index is 2.19. The third-order valence-corrected chi connectivity index (χ3v) is 2.51. The van der Waals surface area contributed by atoms with Crippen molar-refractivity contribution < 1.29 is 9.90 Å². The van der Waals surface area contributed by atoms with Crippen molar-refractivity contribution in [1.29, 1.82) is 0 Å². The second kappa shape index (κ2) is 7.84. The smallest absolute Gasteiger partial charge is 0.221 e. The molecule has 0 fully saturated rings. The molecule has 4 heteroatoms. The van der Waals surface area contributed by atoms with E-state index in [1.54, 1.807) is 0 Å². The van der Waals surface area contributed by atoms with Crippen LogP contribution in [-0.2, 0) is 17.9 Å². The fourth-order valence-electron chi connectivity index (χ4n) is 1.59. The number of carbonyl (C=O) groups excluding carboxylic acids is 1. The van der Waals surface area contributed by atoms with E-state index in [1.807, 2.05) is 38.1 Å². The summed E-state index contributed by atoms with van der Waals surface area (Å²) in [7, 11) is 0. The predicted molar refractivity (Wildman–Crippen MR) is 72.0 cm³/mol. The molecule has 1 rings (SSSR count). The summed E-state index contributed by atoms with van der Waals surface area (Å²) >= 11 is 0. The number of hydrogen-bond donors (Lipinski definition) is 3. The minimum atomic E-state index is 0.0725. The minimum absolute atomic E-state index is 0.0725. The monoisotopic (exact) mass is 250 g/mol. The zero-order valence-corrected chi connectivity index (χ0v) is 11.1. The van der Waals surface area contributed by atoms with E-state index in [0.29, 0.717) is 13.0 Å². The van der Waals surface area contributed by atoms with E-state index < -0.39 is 0 Å². The molecule has 4 nitrogen and oxygen atoms in total. The molecule has 0 atom stereocenters. The molecule has 0 radical (unpaired) electrons. The predicted octanol–water partition coefficient (Wildman–Crippen LogP) is 1.18. The van der Waals surface area contributed by atoms with Crippen LogP contribution in [0, 0.1) is 0 Å². The highest BCUT2D eigenvalue weighted by atomic mass is 16.3. The molecule has 0 spiro atoms. The first kappa shape index (κ1) is 14.7. The average molecular weight is 250 g/mol. The normalized spacial score (nSPS) is 10.7. The number of aliphatic hydroxyl groups is 1. The van der Waals surface area contributed by atoms with E-state index in [9.17, 15) is 4.79 Å². The lowest BCUT2D eigenvalue weighted by Gasteiger charge is -2.09. The van der Waals surface area contributed by atoms with Gasteiger partial charge in [-0.2, -0.15) is 0 Å². The van der Waals surface area contributed by atoms with Crippen molar-refractivity contribution in [2.24, 2.45) is 0 Å². The van der Waals surface area contributed by atoms with Gasteiger partial charge in [0.2, 0.25) is 5.91 Å². The number of aliphatic hydroxyl groups excluding tert-OH is 1. The maximum atomic E-state index is 11.4. The molecule has 0 unspecified atom stereocenters. The van der Waals surface area contributed by atoms with Crippen molar-refractivity contribution in [3.8, 4) is 0 Å². The fraction of sp³-hybridized carbons (Fsp3) is 0.500. The van der Waals surface area contributed by atoms with Crippen LogP contribution in [0.4, 0.5) is 0 Å². The second-order valence-corrected chi connectivity index (χ2v) is 4.62. The van der Waals surface area contributed by atoms with Crippen LogP contribution in [0.15, 0.2) is 24.3 Å². The number of hydrogen-bond acceptors (Lipinski definition) is 3. The van der Waals surface area contributed by atoms with Crippen LogP contribution in [0.2, 0.25) is 0 Å². The van der Waals surface area contributed by atoms with E-state index in [-0.39, 0.29) is 18.6 Å². The Morgan fingerprint density at radius 3 is 2.39 bits per heavy atom. The molecule has 0 aromatic heterocycles. The maximum Gasteiger partial charge on any atom is 0.221 e. The third kappa shape index (κ3) is 5.80. The molecule has 0 saturated carbocycles. The zero-order valence-electron chi connectivity index (χ0n) is 11.1. The first-order chi connectivity index (χ1) is 8.61. The highest BCUT2D eigenvalue weighted by Crippen LogP contribution is 2.03. The van der Waals surface area contributed by atoms with Crippen LogP contribution >= 0.6 is 0 Å². The van der Waals surface area contributed by atoms with Crippen LogP contribution in [0.5, 0.6) is 0 Å². The van der Waals surface area contributed by atoms with Crippen molar-refractivity contribution in [2.45, 2.75) is 39.5 Å². The van der Waals surface area contributed by atoms with Crippen molar-refractivity contribution >= 4 is 5.91 Å². The van der Waals surface area contributed by atoms with Gasteiger partial charge in [0.05, 0.1) is 6.61 Å². The van der Waals surface area contributed by atoms with E-state index in [2.05, 4.69) is 10.6 Å². The van der Waals surface area contributed by atoms with Gasteiger partial charge in [-0.05, 0) is 25.0 Å². The Bertz CT molecular complexity index is 361. The summed E-state index contributed by atoms with van der Waals surface area (Å²) in [6.07, 6.45) is 0.493. The highest BCUT2D eigenvalue weighted by molar-refractivity contribution is 5.76. The van der Waals surface area contributed by atoms with Crippen LogP contribution in [0.1, 0.15) is 31.4 Å². The molecule has 1 amide bonds. The number of nitrogens with one attached hydrogen (secondary N) is 2. The lowest BCUT2D eigenvalue weighted by atomic mass is 10.1. The molecule has 0 aliphatic heterocycles. The summed E-state index contributed by atoms with van der Waals surface area (Å²) in [5.74, 6) is 0.0770. The number of carbonyl (C=O) groups is 1. The van der Waals surface area contributed by atoms with Gasteiger partial charge in [0.1, 0.15) is 0 Å². The Kier molecular flexibility index (Phi) is 6.39. The molecule has 0 bridgehead atoms. The lowest BCUT2D eigenvalue weighted by Crippen LogP contribution is -2.32. The van der Waals surface area contributed by atoms with Gasteiger partial charge in [-0.1, -0.05) is 24.3 Å². The van der Waals surface area contributed by atoms with Crippen molar-refractivity contribution in [3.05, 3.63) is 35.4 Å². The molecule has 0 aliphatic carbocycles. The first-order valence-corrected chi connectivity index (χ1v) is 6.30. The first-order valence-electron chi connectivity index (χ1n) is 6.30. The molecule has 100 valence electrons. The fourth-order valence-corrected chi connectivity index (χ4v) is 1.59. The van der Waals surface area contributed by atoms with Crippen molar-refractivity contribution in [1.82, 2.24) is 10.6 Å².